The van der Waals surface area contributed by atoms with Gasteiger partial charge in [-0.1, -0.05) is 12.1 Å². The number of aromatic hydroxyl groups is 1. The average molecular weight is 358 g/mol. The molecular formula is C21H18N4O2. The lowest BCUT2D eigenvalue weighted by atomic mass is 10.2. The van der Waals surface area contributed by atoms with E-state index in [4.69, 9.17) is 4.74 Å². The monoisotopic (exact) mass is 358 g/mol. The Morgan fingerprint density at radius 3 is 2.19 bits per heavy atom. The molecule has 0 aliphatic carbocycles. The van der Waals surface area contributed by atoms with Gasteiger partial charge in [-0.05, 0) is 60.7 Å². The van der Waals surface area contributed by atoms with Crippen LogP contribution >= 0.6 is 0 Å². The minimum Gasteiger partial charge on any atom is -0.508 e. The van der Waals surface area contributed by atoms with Crippen molar-refractivity contribution in [3.05, 3.63) is 72.8 Å². The molecule has 0 aliphatic rings. The molecule has 0 spiro atoms. The Bertz CT molecular complexity index is 1060. The van der Waals surface area contributed by atoms with E-state index >= 15 is 0 Å². The Kier molecular flexibility index (Phi) is 4.45. The van der Waals surface area contributed by atoms with Crippen molar-refractivity contribution in [2.45, 2.75) is 0 Å². The van der Waals surface area contributed by atoms with E-state index in [1.165, 1.54) is 0 Å². The van der Waals surface area contributed by atoms with E-state index in [1.54, 1.807) is 31.4 Å². The van der Waals surface area contributed by atoms with Crippen molar-refractivity contribution >= 4 is 34.0 Å². The number of phenols is 1. The van der Waals surface area contributed by atoms with E-state index in [0.29, 0.717) is 11.8 Å². The van der Waals surface area contributed by atoms with Crippen LogP contribution in [0.15, 0.2) is 72.8 Å². The number of aromatic nitrogens is 2. The van der Waals surface area contributed by atoms with Crippen molar-refractivity contribution in [2.75, 3.05) is 17.7 Å². The Balaban J connectivity index is 1.70. The zero-order chi connectivity index (χ0) is 18.6. The van der Waals surface area contributed by atoms with Gasteiger partial charge in [-0.2, -0.15) is 4.98 Å². The Morgan fingerprint density at radius 2 is 1.44 bits per heavy atom. The summed E-state index contributed by atoms with van der Waals surface area (Å²) >= 11 is 0. The summed E-state index contributed by atoms with van der Waals surface area (Å²) in [6, 6.07) is 22.2. The molecule has 1 heterocycles. The standard InChI is InChI=1S/C21H18N4O2/c1-27-17-12-8-14(9-13-17)22-20-18-4-2-3-5-19(18)24-21(25-20)23-15-6-10-16(26)11-7-15/h2-13,26H,1H3,(H2,22,23,24,25). The molecule has 0 radical (unpaired) electrons. The second kappa shape index (κ2) is 7.21. The maximum Gasteiger partial charge on any atom is 0.229 e. The second-order valence-electron chi connectivity index (χ2n) is 5.94. The third-order valence-corrected chi connectivity index (χ3v) is 4.08. The van der Waals surface area contributed by atoms with Crippen molar-refractivity contribution in [1.82, 2.24) is 9.97 Å². The highest BCUT2D eigenvalue weighted by molar-refractivity contribution is 5.92. The summed E-state index contributed by atoms with van der Waals surface area (Å²) in [6.45, 7) is 0. The number of hydrogen-bond acceptors (Lipinski definition) is 6. The maximum atomic E-state index is 9.43. The lowest BCUT2D eigenvalue weighted by Gasteiger charge is -2.12. The highest BCUT2D eigenvalue weighted by Crippen LogP contribution is 2.27. The van der Waals surface area contributed by atoms with Crippen LogP contribution < -0.4 is 15.4 Å². The summed E-state index contributed by atoms with van der Waals surface area (Å²) in [4.78, 5) is 9.21. The molecule has 0 saturated carbocycles. The smallest absolute Gasteiger partial charge is 0.229 e. The van der Waals surface area contributed by atoms with Gasteiger partial charge in [-0.3, -0.25) is 0 Å². The number of hydrogen-bond donors (Lipinski definition) is 3. The van der Waals surface area contributed by atoms with Crippen molar-refractivity contribution in [2.24, 2.45) is 0 Å². The molecular weight excluding hydrogens is 340 g/mol. The first-order chi connectivity index (χ1) is 13.2. The molecule has 4 aromatic rings. The molecule has 0 amide bonds. The zero-order valence-electron chi connectivity index (χ0n) is 14.7. The molecule has 6 heteroatoms. The van der Waals surface area contributed by atoms with E-state index in [2.05, 4.69) is 20.6 Å². The van der Waals surface area contributed by atoms with Crippen LogP contribution in [0, 0.1) is 0 Å². The molecule has 134 valence electrons. The normalized spacial score (nSPS) is 10.6. The quantitative estimate of drug-likeness (QED) is 0.443. The highest BCUT2D eigenvalue weighted by atomic mass is 16.5. The van der Waals surface area contributed by atoms with E-state index in [-0.39, 0.29) is 5.75 Å². The van der Waals surface area contributed by atoms with Gasteiger partial charge in [0.1, 0.15) is 17.3 Å². The van der Waals surface area contributed by atoms with Crippen LogP contribution in [-0.2, 0) is 0 Å². The summed E-state index contributed by atoms with van der Waals surface area (Å²) in [5.74, 6) is 2.17. The SMILES string of the molecule is COc1ccc(Nc2nc(Nc3ccc(O)cc3)nc3ccccc23)cc1. The first-order valence-electron chi connectivity index (χ1n) is 8.45. The number of ether oxygens (including phenoxy) is 1. The largest absolute Gasteiger partial charge is 0.508 e. The lowest BCUT2D eigenvalue weighted by molar-refractivity contribution is 0.415. The zero-order valence-corrected chi connectivity index (χ0v) is 14.7. The molecule has 0 aliphatic heterocycles. The summed E-state index contributed by atoms with van der Waals surface area (Å²) in [6.07, 6.45) is 0. The third-order valence-electron chi connectivity index (χ3n) is 4.08. The Hall–Kier alpha value is -3.80. The van der Waals surface area contributed by atoms with Gasteiger partial charge in [0.15, 0.2) is 0 Å². The number of methoxy groups -OCH3 is 1. The molecule has 1 aromatic heterocycles. The molecule has 0 fully saturated rings. The van der Waals surface area contributed by atoms with Crippen LogP contribution in [0.25, 0.3) is 10.9 Å². The van der Waals surface area contributed by atoms with Crippen molar-refractivity contribution in [3.63, 3.8) is 0 Å². The van der Waals surface area contributed by atoms with Gasteiger partial charge < -0.3 is 20.5 Å². The fraction of sp³-hybridized carbons (Fsp3) is 0.0476. The lowest BCUT2D eigenvalue weighted by Crippen LogP contribution is -2.02. The summed E-state index contributed by atoms with van der Waals surface area (Å²) in [7, 11) is 1.64. The Labute approximate surface area is 156 Å². The van der Waals surface area contributed by atoms with Crippen LogP contribution in [0.3, 0.4) is 0 Å². The van der Waals surface area contributed by atoms with Crippen LogP contribution in [0.2, 0.25) is 0 Å². The summed E-state index contributed by atoms with van der Waals surface area (Å²) in [5, 5.41) is 16.9. The number of anilines is 4. The molecule has 4 rings (SSSR count). The number of nitrogens with zero attached hydrogens (tertiary/aromatic N) is 2. The van der Waals surface area contributed by atoms with Gasteiger partial charge in [-0.15, -0.1) is 0 Å². The predicted molar refractivity (Wildman–Crippen MR) is 107 cm³/mol. The minimum absolute atomic E-state index is 0.210. The minimum atomic E-state index is 0.210. The number of fused-ring (bicyclic) bond motifs is 1. The van der Waals surface area contributed by atoms with Gasteiger partial charge in [0.05, 0.1) is 12.6 Å². The molecule has 0 atom stereocenters. The maximum absolute atomic E-state index is 9.43. The van der Waals surface area contributed by atoms with Gasteiger partial charge >= 0.3 is 0 Å². The van der Waals surface area contributed by atoms with Crippen LogP contribution in [0.5, 0.6) is 11.5 Å². The molecule has 0 unspecified atom stereocenters. The molecule has 0 bridgehead atoms. The van der Waals surface area contributed by atoms with Gasteiger partial charge in [0.25, 0.3) is 0 Å². The van der Waals surface area contributed by atoms with Crippen molar-refractivity contribution in [3.8, 4) is 11.5 Å². The summed E-state index contributed by atoms with van der Waals surface area (Å²) in [5.41, 5.74) is 2.51. The third kappa shape index (κ3) is 3.74. The summed E-state index contributed by atoms with van der Waals surface area (Å²) < 4.78 is 5.20. The van der Waals surface area contributed by atoms with Crippen LogP contribution in [0.1, 0.15) is 0 Å². The molecule has 0 saturated heterocycles. The number of phenolic OH excluding ortho intramolecular Hbond substituents is 1. The van der Waals surface area contributed by atoms with E-state index in [1.807, 2.05) is 48.5 Å². The fourth-order valence-electron chi connectivity index (χ4n) is 2.71. The predicted octanol–water partition coefficient (Wildman–Crippen LogP) is 4.83. The topological polar surface area (TPSA) is 79.3 Å². The number of benzene rings is 3. The average Bonchev–Trinajstić information content (AvgIpc) is 2.70. The number of nitrogens with one attached hydrogen (secondary N) is 2. The second-order valence-corrected chi connectivity index (χ2v) is 5.94. The fourth-order valence-corrected chi connectivity index (χ4v) is 2.71. The molecule has 3 aromatic carbocycles. The number of para-hydroxylation sites is 1. The Morgan fingerprint density at radius 1 is 0.778 bits per heavy atom. The molecule has 3 N–H and O–H groups in total. The van der Waals surface area contributed by atoms with Crippen LogP contribution in [-0.4, -0.2) is 22.2 Å². The van der Waals surface area contributed by atoms with Gasteiger partial charge in [-0.25, -0.2) is 4.98 Å². The van der Waals surface area contributed by atoms with Gasteiger partial charge in [0, 0.05) is 16.8 Å². The van der Waals surface area contributed by atoms with Crippen LogP contribution in [0.4, 0.5) is 23.1 Å². The first-order valence-corrected chi connectivity index (χ1v) is 8.45. The van der Waals surface area contributed by atoms with Crippen molar-refractivity contribution < 1.29 is 9.84 Å². The van der Waals surface area contributed by atoms with E-state index in [0.717, 1.165) is 28.0 Å². The number of rotatable bonds is 5. The van der Waals surface area contributed by atoms with E-state index in [9.17, 15) is 5.11 Å². The van der Waals surface area contributed by atoms with E-state index < -0.39 is 0 Å². The first kappa shape index (κ1) is 16.7. The van der Waals surface area contributed by atoms with Gasteiger partial charge in [0.2, 0.25) is 5.95 Å². The van der Waals surface area contributed by atoms with Crippen molar-refractivity contribution in [1.29, 1.82) is 0 Å². The highest BCUT2D eigenvalue weighted by Gasteiger charge is 2.08. The molecule has 27 heavy (non-hydrogen) atoms. The molecule has 6 nitrogen and oxygen atoms in total.